The molecule has 116 valence electrons. The summed E-state index contributed by atoms with van der Waals surface area (Å²) in [6.07, 6.45) is 10.1. The summed E-state index contributed by atoms with van der Waals surface area (Å²) >= 11 is 0. The summed E-state index contributed by atoms with van der Waals surface area (Å²) in [6, 6.07) is 0.553. The molecule has 0 bridgehead atoms. The van der Waals surface area contributed by atoms with Crippen LogP contribution in [0.5, 0.6) is 0 Å². The summed E-state index contributed by atoms with van der Waals surface area (Å²) in [5.41, 5.74) is 7.27. The molecule has 2 fully saturated rings. The van der Waals surface area contributed by atoms with E-state index in [4.69, 9.17) is 5.73 Å². The van der Waals surface area contributed by atoms with Gasteiger partial charge in [0.2, 0.25) is 5.91 Å². The van der Waals surface area contributed by atoms with Crippen molar-refractivity contribution in [3.8, 4) is 0 Å². The van der Waals surface area contributed by atoms with Crippen molar-refractivity contribution in [3.05, 3.63) is 18.0 Å². The monoisotopic (exact) mass is 290 g/mol. The highest BCUT2D eigenvalue weighted by Gasteiger charge is 2.30. The molecular weight excluding hydrogens is 264 g/mol. The van der Waals surface area contributed by atoms with E-state index in [1.165, 1.54) is 12.0 Å². The van der Waals surface area contributed by atoms with Crippen LogP contribution in [0.4, 0.5) is 0 Å². The van der Waals surface area contributed by atoms with Gasteiger partial charge < -0.3 is 10.6 Å². The van der Waals surface area contributed by atoms with Gasteiger partial charge in [0, 0.05) is 31.7 Å². The molecule has 5 heteroatoms. The van der Waals surface area contributed by atoms with Gasteiger partial charge in [-0.2, -0.15) is 5.10 Å². The van der Waals surface area contributed by atoms with Gasteiger partial charge in [0.25, 0.3) is 0 Å². The summed E-state index contributed by atoms with van der Waals surface area (Å²) in [6.45, 7) is 3.73. The Morgan fingerprint density at radius 1 is 1.38 bits per heavy atom. The molecule has 2 heterocycles. The number of rotatable bonds is 3. The molecule has 1 saturated heterocycles. The molecule has 1 aliphatic heterocycles. The van der Waals surface area contributed by atoms with Crippen LogP contribution in [0.1, 0.15) is 50.1 Å². The third kappa shape index (κ3) is 3.28. The van der Waals surface area contributed by atoms with E-state index in [0.717, 1.165) is 38.8 Å². The van der Waals surface area contributed by atoms with Gasteiger partial charge in [-0.1, -0.05) is 6.42 Å². The second-order valence-electron chi connectivity index (χ2n) is 6.69. The first-order valence-electron chi connectivity index (χ1n) is 8.17. The Kier molecular flexibility index (Phi) is 4.29. The van der Waals surface area contributed by atoms with Crippen LogP contribution in [0, 0.1) is 12.8 Å². The Labute approximate surface area is 126 Å². The van der Waals surface area contributed by atoms with Gasteiger partial charge >= 0.3 is 0 Å². The van der Waals surface area contributed by atoms with E-state index >= 15 is 0 Å². The first-order valence-corrected chi connectivity index (χ1v) is 8.17. The zero-order chi connectivity index (χ0) is 14.8. The van der Waals surface area contributed by atoms with E-state index in [9.17, 15) is 4.79 Å². The molecule has 1 saturated carbocycles. The highest BCUT2D eigenvalue weighted by molar-refractivity contribution is 5.76. The number of nitrogens with zero attached hydrogens (tertiary/aromatic N) is 3. The first kappa shape index (κ1) is 14.6. The first-order chi connectivity index (χ1) is 10.1. The van der Waals surface area contributed by atoms with Crippen LogP contribution < -0.4 is 5.73 Å². The molecule has 2 N–H and O–H groups in total. The van der Waals surface area contributed by atoms with E-state index < -0.39 is 0 Å². The normalized spacial score (nSPS) is 29.8. The Bertz CT molecular complexity index is 498. The van der Waals surface area contributed by atoms with Crippen molar-refractivity contribution in [2.45, 2.75) is 57.5 Å². The molecule has 0 aromatic carbocycles. The lowest BCUT2D eigenvalue weighted by molar-refractivity contribution is -0.134. The predicted molar refractivity (Wildman–Crippen MR) is 81.7 cm³/mol. The van der Waals surface area contributed by atoms with E-state index in [1.54, 1.807) is 0 Å². The summed E-state index contributed by atoms with van der Waals surface area (Å²) in [4.78, 5) is 14.5. The number of amides is 1. The number of aryl methyl sites for hydroxylation is 1. The van der Waals surface area contributed by atoms with E-state index in [1.807, 2.05) is 15.8 Å². The smallest absolute Gasteiger partial charge is 0.222 e. The average molecular weight is 290 g/mol. The molecular formula is C16H26N4O. The van der Waals surface area contributed by atoms with Crippen molar-refractivity contribution < 1.29 is 4.79 Å². The highest BCUT2D eigenvalue weighted by atomic mass is 16.2. The summed E-state index contributed by atoms with van der Waals surface area (Å²) < 4.78 is 2.02. The molecule has 0 radical (unpaired) electrons. The van der Waals surface area contributed by atoms with Crippen molar-refractivity contribution in [1.29, 1.82) is 0 Å². The number of nitrogens with two attached hydrogens (primary N) is 1. The average Bonchev–Trinajstić information content (AvgIpc) is 3.08. The van der Waals surface area contributed by atoms with Crippen molar-refractivity contribution in [2.24, 2.45) is 11.7 Å². The van der Waals surface area contributed by atoms with Gasteiger partial charge in [0.05, 0.1) is 12.2 Å². The molecule has 1 unspecified atom stereocenters. The minimum absolute atomic E-state index is 0.225. The third-order valence-electron chi connectivity index (χ3n) is 5.01. The van der Waals surface area contributed by atoms with Crippen molar-refractivity contribution in [2.75, 3.05) is 13.1 Å². The summed E-state index contributed by atoms with van der Waals surface area (Å²) in [5.74, 6) is 0.677. The number of hydrogen-bond acceptors (Lipinski definition) is 3. The molecule has 0 spiro atoms. The number of likely N-dealkylation sites (tertiary alicyclic amines) is 1. The molecule has 1 aromatic rings. The molecule has 21 heavy (non-hydrogen) atoms. The molecule has 1 aliphatic carbocycles. The van der Waals surface area contributed by atoms with Crippen molar-refractivity contribution in [1.82, 2.24) is 14.7 Å². The summed E-state index contributed by atoms with van der Waals surface area (Å²) in [5, 5.41) is 4.41. The molecule has 5 nitrogen and oxygen atoms in total. The van der Waals surface area contributed by atoms with Crippen LogP contribution in [0.2, 0.25) is 0 Å². The number of hydrogen-bond donors (Lipinski definition) is 1. The number of carbonyl (C=O) groups excluding carboxylic acids is 1. The van der Waals surface area contributed by atoms with Gasteiger partial charge in [-0.3, -0.25) is 9.48 Å². The molecule has 1 amide bonds. The van der Waals surface area contributed by atoms with Gasteiger partial charge in [0.15, 0.2) is 0 Å². The number of aromatic nitrogens is 2. The van der Waals surface area contributed by atoms with Gasteiger partial charge in [-0.05, 0) is 44.1 Å². The maximum atomic E-state index is 12.5. The van der Waals surface area contributed by atoms with Crippen LogP contribution in [0.25, 0.3) is 0 Å². The van der Waals surface area contributed by atoms with E-state index in [2.05, 4.69) is 18.2 Å². The van der Waals surface area contributed by atoms with Crippen LogP contribution in [0.3, 0.4) is 0 Å². The van der Waals surface area contributed by atoms with Gasteiger partial charge in [0.1, 0.15) is 0 Å². The van der Waals surface area contributed by atoms with E-state index in [0.29, 0.717) is 18.4 Å². The highest BCUT2D eigenvalue weighted by Crippen LogP contribution is 2.29. The fourth-order valence-corrected chi connectivity index (χ4v) is 3.70. The topological polar surface area (TPSA) is 64.2 Å². The largest absolute Gasteiger partial charge is 0.341 e. The maximum Gasteiger partial charge on any atom is 0.222 e. The van der Waals surface area contributed by atoms with Crippen molar-refractivity contribution >= 4 is 5.91 Å². The lowest BCUT2D eigenvalue weighted by Crippen LogP contribution is -2.42. The molecule has 2 aliphatic rings. The third-order valence-corrected chi connectivity index (χ3v) is 5.01. The SMILES string of the molecule is Cc1cnn(C2CCCN(C(=O)C[C@@H]3CCC[C@H]3N)C2)c1. The minimum Gasteiger partial charge on any atom is -0.341 e. The molecule has 1 aromatic heterocycles. The zero-order valence-corrected chi connectivity index (χ0v) is 12.9. The van der Waals surface area contributed by atoms with Crippen LogP contribution in [0.15, 0.2) is 12.4 Å². The summed E-state index contributed by atoms with van der Waals surface area (Å²) in [7, 11) is 0. The predicted octanol–water partition coefficient (Wildman–Crippen LogP) is 1.87. The Hall–Kier alpha value is -1.36. The van der Waals surface area contributed by atoms with E-state index in [-0.39, 0.29) is 11.9 Å². The quantitative estimate of drug-likeness (QED) is 0.924. The fourth-order valence-electron chi connectivity index (χ4n) is 3.70. The standard InChI is InChI=1S/C16H26N4O/c1-12-9-18-20(10-12)14-5-3-7-19(11-14)16(21)8-13-4-2-6-15(13)17/h9-10,13-15H,2-8,11,17H2,1H3/t13-,14?,15+/m0/s1. The number of carbonyl (C=O) groups is 1. The maximum absolute atomic E-state index is 12.5. The zero-order valence-electron chi connectivity index (χ0n) is 12.9. The van der Waals surface area contributed by atoms with Crippen molar-refractivity contribution in [3.63, 3.8) is 0 Å². The van der Waals surface area contributed by atoms with Crippen LogP contribution >= 0.6 is 0 Å². The lowest BCUT2D eigenvalue weighted by atomic mass is 9.98. The second-order valence-corrected chi connectivity index (χ2v) is 6.69. The van der Waals surface area contributed by atoms with Crippen LogP contribution in [-0.2, 0) is 4.79 Å². The van der Waals surface area contributed by atoms with Crippen LogP contribution in [-0.4, -0.2) is 39.7 Å². The molecule has 3 atom stereocenters. The Morgan fingerprint density at radius 2 is 2.24 bits per heavy atom. The molecule has 3 rings (SSSR count). The number of piperidine rings is 1. The van der Waals surface area contributed by atoms with Gasteiger partial charge in [-0.15, -0.1) is 0 Å². The Balaban J connectivity index is 1.59. The fraction of sp³-hybridized carbons (Fsp3) is 0.750. The van der Waals surface area contributed by atoms with Gasteiger partial charge in [-0.25, -0.2) is 0 Å². The second kappa shape index (κ2) is 6.18. The Morgan fingerprint density at radius 3 is 2.90 bits per heavy atom. The lowest BCUT2D eigenvalue weighted by Gasteiger charge is -2.33. The minimum atomic E-state index is 0.225.